The van der Waals surface area contributed by atoms with Crippen molar-refractivity contribution in [2.45, 2.75) is 0 Å². The third-order valence-electron chi connectivity index (χ3n) is 3.51. The minimum absolute atomic E-state index is 0.379. The van der Waals surface area contributed by atoms with Gasteiger partial charge in [0, 0.05) is 18.3 Å². The largest absolute Gasteiger partial charge is 0.495 e. The number of para-hydroxylation sites is 1. The van der Waals surface area contributed by atoms with E-state index in [1.807, 2.05) is 18.2 Å². The Morgan fingerprint density at radius 1 is 0.846 bits per heavy atom. The van der Waals surface area contributed by atoms with Crippen molar-refractivity contribution in [3.05, 3.63) is 58.7 Å². The van der Waals surface area contributed by atoms with E-state index in [4.69, 9.17) is 32.7 Å². The number of halogens is 2. The zero-order chi connectivity index (χ0) is 18.5. The smallest absolute Gasteiger partial charge is 0.229 e. The molecule has 0 saturated carbocycles. The number of ether oxygens (including phenoxy) is 2. The molecule has 0 spiro atoms. The van der Waals surface area contributed by atoms with Crippen LogP contribution in [-0.4, -0.2) is 24.2 Å². The Labute approximate surface area is 161 Å². The molecule has 1 heterocycles. The fourth-order valence-electron chi connectivity index (χ4n) is 2.27. The van der Waals surface area contributed by atoms with Crippen LogP contribution >= 0.6 is 23.2 Å². The molecule has 0 unspecified atom stereocenters. The van der Waals surface area contributed by atoms with E-state index in [-0.39, 0.29) is 0 Å². The molecule has 0 aliphatic heterocycles. The predicted octanol–water partition coefficient (Wildman–Crippen LogP) is 5.29. The van der Waals surface area contributed by atoms with Gasteiger partial charge in [0.2, 0.25) is 5.95 Å². The maximum atomic E-state index is 6.17. The Morgan fingerprint density at radius 3 is 2.35 bits per heavy atom. The van der Waals surface area contributed by atoms with E-state index in [1.54, 1.807) is 44.7 Å². The van der Waals surface area contributed by atoms with Gasteiger partial charge in [-0.05, 0) is 18.2 Å². The quantitative estimate of drug-likeness (QED) is 0.595. The van der Waals surface area contributed by atoms with Crippen molar-refractivity contribution in [3.8, 4) is 11.5 Å². The molecular weight excluding hydrogens is 375 g/mol. The average molecular weight is 391 g/mol. The highest BCUT2D eigenvalue weighted by Crippen LogP contribution is 2.37. The first-order valence-electron chi connectivity index (χ1n) is 7.64. The van der Waals surface area contributed by atoms with Crippen molar-refractivity contribution >= 4 is 46.3 Å². The van der Waals surface area contributed by atoms with Crippen molar-refractivity contribution < 1.29 is 9.47 Å². The van der Waals surface area contributed by atoms with Crippen LogP contribution in [0.2, 0.25) is 10.0 Å². The fraction of sp³-hybridized carbons (Fsp3) is 0.111. The standard InChI is InChI=1S/C18H16Cl2N4O2/c1-25-15-10-14(16(26-2)9-12(15)20)23-18-21-8-7-17(24-18)22-13-6-4-3-5-11(13)19/h3-10H,1-2H3,(H2,21,22,23,24). The van der Waals surface area contributed by atoms with E-state index in [0.29, 0.717) is 39.0 Å². The van der Waals surface area contributed by atoms with E-state index < -0.39 is 0 Å². The Hall–Kier alpha value is -2.70. The highest BCUT2D eigenvalue weighted by atomic mass is 35.5. The number of nitrogens with zero attached hydrogens (tertiary/aromatic N) is 2. The molecule has 8 heteroatoms. The number of anilines is 4. The van der Waals surface area contributed by atoms with E-state index in [9.17, 15) is 0 Å². The van der Waals surface area contributed by atoms with Crippen LogP contribution in [0.3, 0.4) is 0 Å². The third kappa shape index (κ3) is 4.09. The van der Waals surface area contributed by atoms with Gasteiger partial charge in [0.25, 0.3) is 0 Å². The predicted molar refractivity (Wildman–Crippen MR) is 105 cm³/mol. The van der Waals surface area contributed by atoms with Crippen LogP contribution in [0.25, 0.3) is 0 Å². The highest BCUT2D eigenvalue weighted by Gasteiger charge is 2.11. The van der Waals surface area contributed by atoms with Crippen molar-refractivity contribution in [2.75, 3.05) is 24.9 Å². The Morgan fingerprint density at radius 2 is 1.62 bits per heavy atom. The fourth-order valence-corrected chi connectivity index (χ4v) is 2.68. The number of nitrogens with one attached hydrogen (secondary N) is 2. The summed E-state index contributed by atoms with van der Waals surface area (Å²) in [6.45, 7) is 0. The first-order chi connectivity index (χ1) is 12.6. The Bertz CT molecular complexity index is 921. The average Bonchev–Trinajstić information content (AvgIpc) is 2.65. The van der Waals surface area contributed by atoms with Crippen LogP contribution in [0.4, 0.5) is 23.1 Å². The van der Waals surface area contributed by atoms with E-state index in [1.165, 1.54) is 0 Å². The van der Waals surface area contributed by atoms with Crippen LogP contribution in [-0.2, 0) is 0 Å². The minimum atomic E-state index is 0.379. The normalized spacial score (nSPS) is 10.3. The topological polar surface area (TPSA) is 68.3 Å². The lowest BCUT2D eigenvalue weighted by molar-refractivity contribution is 0.405. The zero-order valence-electron chi connectivity index (χ0n) is 14.1. The first-order valence-corrected chi connectivity index (χ1v) is 8.39. The van der Waals surface area contributed by atoms with Crippen LogP contribution < -0.4 is 20.1 Å². The summed E-state index contributed by atoms with van der Waals surface area (Å²) in [5, 5.41) is 7.32. The number of methoxy groups -OCH3 is 2. The molecule has 0 aliphatic rings. The number of benzene rings is 2. The van der Waals surface area contributed by atoms with Crippen molar-refractivity contribution in [3.63, 3.8) is 0 Å². The molecule has 0 radical (unpaired) electrons. The molecule has 0 aliphatic carbocycles. The lowest BCUT2D eigenvalue weighted by Crippen LogP contribution is -2.02. The molecule has 1 aromatic heterocycles. The number of hydrogen-bond acceptors (Lipinski definition) is 6. The molecule has 134 valence electrons. The van der Waals surface area contributed by atoms with Crippen molar-refractivity contribution in [1.82, 2.24) is 9.97 Å². The van der Waals surface area contributed by atoms with Crippen molar-refractivity contribution in [1.29, 1.82) is 0 Å². The summed E-state index contributed by atoms with van der Waals surface area (Å²) >= 11 is 12.3. The van der Waals surface area contributed by atoms with Gasteiger partial charge in [0.15, 0.2) is 0 Å². The minimum Gasteiger partial charge on any atom is -0.495 e. The van der Waals surface area contributed by atoms with E-state index in [0.717, 1.165) is 5.69 Å². The molecular formula is C18H16Cl2N4O2. The molecule has 3 rings (SSSR count). The maximum absolute atomic E-state index is 6.17. The van der Waals surface area contributed by atoms with Gasteiger partial charge < -0.3 is 20.1 Å². The van der Waals surface area contributed by atoms with Gasteiger partial charge in [-0.25, -0.2) is 4.98 Å². The van der Waals surface area contributed by atoms with Gasteiger partial charge >= 0.3 is 0 Å². The zero-order valence-corrected chi connectivity index (χ0v) is 15.6. The van der Waals surface area contributed by atoms with Crippen LogP contribution in [0.1, 0.15) is 0 Å². The first kappa shape index (κ1) is 18.1. The van der Waals surface area contributed by atoms with E-state index >= 15 is 0 Å². The van der Waals surface area contributed by atoms with Gasteiger partial charge in [-0.2, -0.15) is 4.98 Å². The number of hydrogen-bond donors (Lipinski definition) is 2. The third-order valence-corrected chi connectivity index (χ3v) is 4.14. The molecule has 0 amide bonds. The summed E-state index contributed by atoms with van der Waals surface area (Å²) in [5.41, 5.74) is 1.38. The Balaban J connectivity index is 1.86. The Kier molecular flexibility index (Phi) is 5.65. The lowest BCUT2D eigenvalue weighted by Gasteiger charge is -2.14. The second-order valence-electron chi connectivity index (χ2n) is 5.18. The molecule has 3 aromatic rings. The van der Waals surface area contributed by atoms with Gasteiger partial charge in [0.1, 0.15) is 17.3 Å². The van der Waals surface area contributed by atoms with Crippen LogP contribution in [0.15, 0.2) is 48.7 Å². The van der Waals surface area contributed by atoms with Crippen LogP contribution in [0.5, 0.6) is 11.5 Å². The molecule has 0 fully saturated rings. The van der Waals surface area contributed by atoms with Crippen molar-refractivity contribution in [2.24, 2.45) is 0 Å². The van der Waals surface area contributed by atoms with E-state index in [2.05, 4.69) is 20.6 Å². The summed E-state index contributed by atoms with van der Waals surface area (Å²) < 4.78 is 10.6. The lowest BCUT2D eigenvalue weighted by atomic mass is 10.2. The second-order valence-corrected chi connectivity index (χ2v) is 6.00. The molecule has 2 aromatic carbocycles. The summed E-state index contributed by atoms with van der Waals surface area (Å²) in [6, 6.07) is 12.5. The van der Waals surface area contributed by atoms with Crippen LogP contribution in [0, 0.1) is 0 Å². The number of aromatic nitrogens is 2. The maximum Gasteiger partial charge on any atom is 0.229 e. The SMILES string of the molecule is COc1cc(Nc2nccc(Nc3ccccc3Cl)n2)c(OC)cc1Cl. The highest BCUT2D eigenvalue weighted by molar-refractivity contribution is 6.33. The van der Waals surface area contributed by atoms with Gasteiger partial charge in [-0.3, -0.25) is 0 Å². The molecule has 0 atom stereocenters. The van der Waals surface area contributed by atoms with Gasteiger partial charge in [-0.1, -0.05) is 35.3 Å². The van der Waals surface area contributed by atoms with Gasteiger partial charge in [-0.15, -0.1) is 0 Å². The second kappa shape index (κ2) is 8.12. The molecule has 0 bridgehead atoms. The molecule has 6 nitrogen and oxygen atoms in total. The molecule has 26 heavy (non-hydrogen) atoms. The molecule has 2 N–H and O–H groups in total. The summed E-state index contributed by atoms with van der Waals surface area (Å²) in [5.74, 6) is 2.03. The number of rotatable bonds is 6. The molecule has 0 saturated heterocycles. The summed E-state index contributed by atoms with van der Waals surface area (Å²) in [6.07, 6.45) is 1.63. The van der Waals surface area contributed by atoms with Gasteiger partial charge in [0.05, 0.1) is 35.6 Å². The monoisotopic (exact) mass is 390 g/mol. The summed E-state index contributed by atoms with van der Waals surface area (Å²) in [4.78, 5) is 8.66. The summed E-state index contributed by atoms with van der Waals surface area (Å²) in [7, 11) is 3.10.